The Kier molecular flexibility index (Phi) is 4.70. The van der Waals surface area contributed by atoms with Gasteiger partial charge in [-0.25, -0.2) is 19.4 Å². The van der Waals surface area contributed by atoms with Crippen molar-refractivity contribution in [2.75, 3.05) is 0 Å². The molecule has 0 aliphatic rings. The molecule has 0 radical (unpaired) electrons. The van der Waals surface area contributed by atoms with Gasteiger partial charge in [0.1, 0.15) is 15.7 Å². The first-order valence-corrected chi connectivity index (χ1v) is 6.78. The molecule has 4 nitrogen and oxygen atoms in total. The lowest BCUT2D eigenvalue weighted by molar-refractivity contribution is 0.622. The highest BCUT2D eigenvalue weighted by atomic mass is 35.5. The molecule has 0 aromatic carbocycles. The maximum atomic E-state index is 13.2. The molecule has 0 N–H and O–H groups in total. The second-order valence-corrected chi connectivity index (χ2v) is 4.98. The van der Waals surface area contributed by atoms with Crippen molar-refractivity contribution in [1.29, 1.82) is 0 Å². The van der Waals surface area contributed by atoms with Crippen LogP contribution < -0.4 is 0 Å². The number of pyridine rings is 1. The normalized spacial score (nSPS) is 12.1. The molecule has 0 spiro atoms. The molecule has 0 saturated heterocycles. The fraction of sp³-hybridized carbons (Fsp3) is 0.0769. The van der Waals surface area contributed by atoms with Crippen molar-refractivity contribution in [3.63, 3.8) is 0 Å². The highest BCUT2D eigenvalue weighted by Crippen LogP contribution is 2.31. The third-order valence-corrected chi connectivity index (χ3v) is 3.72. The number of amidine groups is 1. The Morgan fingerprint density at radius 1 is 1.50 bits per heavy atom. The average molecular weight is 309 g/mol. The molecular weight excluding hydrogens is 299 g/mol. The maximum absolute atomic E-state index is 13.2. The molecular formula is C13H10ClFN4S. The highest BCUT2D eigenvalue weighted by molar-refractivity contribution is 7.17. The Morgan fingerprint density at radius 3 is 2.95 bits per heavy atom. The van der Waals surface area contributed by atoms with Crippen LogP contribution in [0.3, 0.4) is 0 Å². The summed E-state index contributed by atoms with van der Waals surface area (Å²) < 4.78 is 13.2. The van der Waals surface area contributed by atoms with Gasteiger partial charge in [-0.2, -0.15) is 0 Å². The van der Waals surface area contributed by atoms with Crippen LogP contribution in [-0.2, 0) is 0 Å². The summed E-state index contributed by atoms with van der Waals surface area (Å²) >= 11 is 7.34. The first-order chi connectivity index (χ1) is 9.65. The van der Waals surface area contributed by atoms with Crippen LogP contribution in [0.5, 0.6) is 0 Å². The van der Waals surface area contributed by atoms with Gasteiger partial charge in [0.15, 0.2) is 11.0 Å². The number of hydrogen-bond acceptors (Lipinski definition) is 4. The van der Waals surface area contributed by atoms with Crippen molar-refractivity contribution >= 4 is 35.5 Å². The SMILES string of the molecule is C=NC(=NC=CC)c1sc(-c2cncc(F)c2)nc1Cl. The summed E-state index contributed by atoms with van der Waals surface area (Å²) in [6.45, 7) is 5.30. The predicted octanol–water partition coefficient (Wildman–Crippen LogP) is 3.98. The van der Waals surface area contributed by atoms with Crippen LogP contribution in [-0.4, -0.2) is 22.5 Å². The summed E-state index contributed by atoms with van der Waals surface area (Å²) in [6.07, 6.45) is 6.00. The Labute approximate surface area is 124 Å². The Balaban J connectivity index is 2.46. The number of halogens is 2. The minimum absolute atomic E-state index is 0.255. The van der Waals surface area contributed by atoms with Crippen LogP contribution in [0, 0.1) is 5.82 Å². The molecule has 102 valence electrons. The fourth-order valence-electron chi connectivity index (χ4n) is 1.41. The number of aromatic nitrogens is 2. The lowest BCUT2D eigenvalue weighted by Gasteiger charge is -1.95. The molecule has 0 aliphatic carbocycles. The van der Waals surface area contributed by atoms with Gasteiger partial charge in [0, 0.05) is 18.0 Å². The highest BCUT2D eigenvalue weighted by Gasteiger charge is 2.15. The Hall–Kier alpha value is -1.92. The van der Waals surface area contributed by atoms with Gasteiger partial charge in [-0.1, -0.05) is 17.7 Å². The number of thiazole rings is 1. The molecule has 0 bridgehead atoms. The molecule has 0 fully saturated rings. The van der Waals surface area contributed by atoms with Crippen LogP contribution in [0.4, 0.5) is 4.39 Å². The van der Waals surface area contributed by atoms with Crippen molar-refractivity contribution in [3.8, 4) is 10.6 Å². The first-order valence-electron chi connectivity index (χ1n) is 5.59. The standard InChI is InChI=1S/C13H10ClFN4S/c1-3-4-18-12(16-2)10-11(14)19-13(20-10)8-5-9(15)7-17-6-8/h3-7H,2H2,1H3. The van der Waals surface area contributed by atoms with Gasteiger partial charge in [0.2, 0.25) is 0 Å². The van der Waals surface area contributed by atoms with Crippen LogP contribution >= 0.6 is 22.9 Å². The molecule has 2 aromatic heterocycles. The van der Waals surface area contributed by atoms with Crippen molar-refractivity contribution in [2.24, 2.45) is 9.98 Å². The topological polar surface area (TPSA) is 50.5 Å². The van der Waals surface area contributed by atoms with Crippen molar-refractivity contribution in [3.05, 3.63) is 46.6 Å². The number of aliphatic imine (C=N–C) groups is 2. The number of nitrogens with zero attached hydrogens (tertiary/aromatic N) is 4. The zero-order valence-corrected chi connectivity index (χ0v) is 12.1. The van der Waals surface area contributed by atoms with Gasteiger partial charge in [-0.05, 0) is 19.7 Å². The van der Waals surface area contributed by atoms with Gasteiger partial charge in [-0.15, -0.1) is 11.3 Å². The molecule has 0 unspecified atom stereocenters. The Morgan fingerprint density at radius 2 is 2.30 bits per heavy atom. The zero-order valence-electron chi connectivity index (χ0n) is 10.5. The second kappa shape index (κ2) is 6.49. The molecule has 2 rings (SSSR count). The van der Waals surface area contributed by atoms with E-state index in [2.05, 4.69) is 26.7 Å². The lowest BCUT2D eigenvalue weighted by atomic mass is 10.3. The van der Waals surface area contributed by atoms with Crippen molar-refractivity contribution in [2.45, 2.75) is 6.92 Å². The molecule has 2 heterocycles. The smallest absolute Gasteiger partial charge is 0.172 e. The minimum atomic E-state index is -0.431. The van der Waals surface area contributed by atoms with E-state index in [1.165, 1.54) is 23.6 Å². The van der Waals surface area contributed by atoms with Gasteiger partial charge >= 0.3 is 0 Å². The zero-order chi connectivity index (χ0) is 14.5. The molecule has 0 aliphatic heterocycles. The van der Waals surface area contributed by atoms with Gasteiger partial charge in [-0.3, -0.25) is 4.98 Å². The maximum Gasteiger partial charge on any atom is 0.172 e. The number of hydrogen-bond donors (Lipinski definition) is 0. The molecule has 0 amide bonds. The van der Waals surface area contributed by atoms with E-state index in [0.717, 1.165) is 6.20 Å². The summed E-state index contributed by atoms with van der Waals surface area (Å²) in [6, 6.07) is 1.34. The van der Waals surface area contributed by atoms with Crippen molar-refractivity contribution in [1.82, 2.24) is 9.97 Å². The second-order valence-electron chi connectivity index (χ2n) is 3.62. The minimum Gasteiger partial charge on any atom is -0.261 e. The van der Waals surface area contributed by atoms with E-state index in [0.29, 0.717) is 21.3 Å². The van der Waals surface area contributed by atoms with E-state index in [1.807, 2.05) is 6.92 Å². The lowest BCUT2D eigenvalue weighted by Crippen LogP contribution is -1.92. The quantitative estimate of drug-likeness (QED) is 0.636. The fourth-order valence-corrected chi connectivity index (χ4v) is 2.64. The summed E-state index contributed by atoms with van der Waals surface area (Å²) in [7, 11) is 0. The van der Waals surface area contributed by atoms with Crippen LogP contribution in [0.1, 0.15) is 11.8 Å². The monoisotopic (exact) mass is 308 g/mol. The third kappa shape index (κ3) is 3.15. The summed E-state index contributed by atoms with van der Waals surface area (Å²) in [5, 5.41) is 0.804. The molecule has 0 atom stereocenters. The number of allylic oxidation sites excluding steroid dienone is 1. The largest absolute Gasteiger partial charge is 0.261 e. The first kappa shape index (κ1) is 14.5. The summed E-state index contributed by atoms with van der Waals surface area (Å²) in [5.41, 5.74) is 0.553. The molecule has 20 heavy (non-hydrogen) atoms. The van der Waals surface area contributed by atoms with Crippen molar-refractivity contribution < 1.29 is 4.39 Å². The van der Waals surface area contributed by atoms with E-state index in [4.69, 9.17) is 11.6 Å². The Bertz CT molecular complexity index is 693. The van der Waals surface area contributed by atoms with Crippen LogP contribution in [0.2, 0.25) is 5.15 Å². The van der Waals surface area contributed by atoms with E-state index < -0.39 is 5.82 Å². The van der Waals surface area contributed by atoms with E-state index in [9.17, 15) is 4.39 Å². The molecule has 2 aromatic rings. The van der Waals surface area contributed by atoms with Gasteiger partial charge < -0.3 is 0 Å². The molecule has 0 saturated carbocycles. The number of rotatable bonds is 3. The van der Waals surface area contributed by atoms with Gasteiger partial charge in [0.05, 0.1) is 6.20 Å². The summed E-state index contributed by atoms with van der Waals surface area (Å²) in [4.78, 5) is 16.5. The summed E-state index contributed by atoms with van der Waals surface area (Å²) in [5.74, 6) is -0.0544. The third-order valence-electron chi connectivity index (χ3n) is 2.24. The predicted molar refractivity (Wildman–Crippen MR) is 81.2 cm³/mol. The van der Waals surface area contributed by atoms with Gasteiger partial charge in [0.25, 0.3) is 0 Å². The van der Waals surface area contributed by atoms with E-state index in [-0.39, 0.29) is 5.15 Å². The van der Waals surface area contributed by atoms with Crippen LogP contribution in [0.25, 0.3) is 10.6 Å². The van der Waals surface area contributed by atoms with E-state index >= 15 is 0 Å². The van der Waals surface area contributed by atoms with E-state index in [1.54, 1.807) is 12.3 Å². The van der Waals surface area contributed by atoms with Crippen LogP contribution in [0.15, 0.2) is 40.7 Å². The molecule has 7 heteroatoms. The average Bonchev–Trinajstić information content (AvgIpc) is 2.82.